The number of benzene rings is 1. The Labute approximate surface area is 115 Å². The Morgan fingerprint density at radius 2 is 2.05 bits per heavy atom. The standard InChI is InChI=1S/C15H23NO3/c1-10(2)13(15(17)18)9-16(4)12-6-7-14(19-5)11(3)8-12/h6-8,10,13H,9H2,1-5H3,(H,17,18). The quantitative estimate of drug-likeness (QED) is 0.859. The number of nitrogens with zero attached hydrogens (tertiary/aromatic N) is 1. The Bertz CT molecular complexity index is 443. The Morgan fingerprint density at radius 1 is 1.42 bits per heavy atom. The van der Waals surface area contributed by atoms with Gasteiger partial charge in [0.15, 0.2) is 0 Å². The van der Waals surface area contributed by atoms with Crippen LogP contribution in [0.1, 0.15) is 19.4 Å². The summed E-state index contributed by atoms with van der Waals surface area (Å²) in [5.74, 6) is -0.158. The predicted octanol–water partition coefficient (Wildman–Crippen LogP) is 2.80. The lowest BCUT2D eigenvalue weighted by atomic mass is 9.95. The molecule has 0 spiro atoms. The number of ether oxygens (including phenoxy) is 1. The van der Waals surface area contributed by atoms with Crippen LogP contribution < -0.4 is 9.64 Å². The number of rotatable bonds is 6. The van der Waals surface area contributed by atoms with Gasteiger partial charge in [-0.2, -0.15) is 0 Å². The van der Waals surface area contributed by atoms with E-state index in [9.17, 15) is 9.90 Å². The van der Waals surface area contributed by atoms with E-state index < -0.39 is 5.97 Å². The number of carbonyl (C=O) groups is 1. The highest BCUT2D eigenvalue weighted by molar-refractivity contribution is 5.71. The van der Waals surface area contributed by atoms with Crippen LogP contribution in [0, 0.1) is 18.8 Å². The highest BCUT2D eigenvalue weighted by atomic mass is 16.5. The maximum Gasteiger partial charge on any atom is 0.308 e. The van der Waals surface area contributed by atoms with Crippen LogP contribution in [-0.2, 0) is 4.79 Å². The molecule has 4 nitrogen and oxygen atoms in total. The second kappa shape index (κ2) is 6.45. The van der Waals surface area contributed by atoms with Gasteiger partial charge in [0, 0.05) is 19.3 Å². The average Bonchev–Trinajstić information content (AvgIpc) is 2.34. The molecule has 0 bridgehead atoms. The summed E-state index contributed by atoms with van der Waals surface area (Å²) in [5, 5.41) is 9.23. The summed E-state index contributed by atoms with van der Waals surface area (Å²) >= 11 is 0. The van der Waals surface area contributed by atoms with Crippen LogP contribution >= 0.6 is 0 Å². The van der Waals surface area contributed by atoms with E-state index in [-0.39, 0.29) is 11.8 Å². The molecule has 0 saturated heterocycles. The first kappa shape index (κ1) is 15.3. The first-order chi connectivity index (χ1) is 8.86. The van der Waals surface area contributed by atoms with Gasteiger partial charge in [0.05, 0.1) is 13.0 Å². The summed E-state index contributed by atoms with van der Waals surface area (Å²) < 4.78 is 5.22. The molecule has 19 heavy (non-hydrogen) atoms. The third-order valence-corrected chi connectivity index (χ3v) is 3.41. The molecule has 0 aliphatic carbocycles. The highest BCUT2D eigenvalue weighted by Gasteiger charge is 2.23. The van der Waals surface area contributed by atoms with Crippen molar-refractivity contribution >= 4 is 11.7 Å². The van der Waals surface area contributed by atoms with E-state index in [4.69, 9.17) is 4.74 Å². The number of hydrogen-bond donors (Lipinski definition) is 1. The SMILES string of the molecule is COc1ccc(N(C)CC(C(=O)O)C(C)C)cc1C. The zero-order chi connectivity index (χ0) is 14.6. The van der Waals surface area contributed by atoms with Crippen molar-refractivity contribution in [2.24, 2.45) is 11.8 Å². The van der Waals surface area contributed by atoms with Gasteiger partial charge in [-0.3, -0.25) is 4.79 Å². The summed E-state index contributed by atoms with van der Waals surface area (Å²) in [4.78, 5) is 13.2. The smallest absolute Gasteiger partial charge is 0.308 e. The van der Waals surface area contributed by atoms with E-state index in [1.54, 1.807) is 7.11 Å². The first-order valence-corrected chi connectivity index (χ1v) is 6.45. The fourth-order valence-corrected chi connectivity index (χ4v) is 2.07. The molecule has 0 aliphatic heterocycles. The minimum atomic E-state index is -0.743. The Balaban J connectivity index is 2.85. The van der Waals surface area contributed by atoms with Crippen molar-refractivity contribution in [2.75, 3.05) is 25.6 Å². The van der Waals surface area contributed by atoms with E-state index in [0.29, 0.717) is 6.54 Å². The molecule has 0 radical (unpaired) electrons. The monoisotopic (exact) mass is 265 g/mol. The van der Waals surface area contributed by atoms with Gasteiger partial charge in [0.25, 0.3) is 0 Å². The summed E-state index contributed by atoms with van der Waals surface area (Å²) in [6.07, 6.45) is 0. The maximum absolute atomic E-state index is 11.2. The first-order valence-electron chi connectivity index (χ1n) is 6.45. The van der Waals surface area contributed by atoms with Crippen molar-refractivity contribution in [3.05, 3.63) is 23.8 Å². The fourth-order valence-electron chi connectivity index (χ4n) is 2.07. The zero-order valence-electron chi connectivity index (χ0n) is 12.3. The van der Waals surface area contributed by atoms with Crippen LogP contribution in [-0.4, -0.2) is 31.8 Å². The van der Waals surface area contributed by atoms with E-state index in [1.165, 1.54) is 0 Å². The van der Waals surface area contributed by atoms with Crippen LogP contribution in [0.2, 0.25) is 0 Å². The molecule has 0 saturated carbocycles. The molecular formula is C15H23NO3. The molecule has 1 N–H and O–H groups in total. The number of hydrogen-bond acceptors (Lipinski definition) is 3. The zero-order valence-corrected chi connectivity index (χ0v) is 12.3. The van der Waals surface area contributed by atoms with Gasteiger partial charge in [0.1, 0.15) is 5.75 Å². The molecule has 0 amide bonds. The van der Waals surface area contributed by atoms with Crippen molar-refractivity contribution in [1.82, 2.24) is 0 Å². The third-order valence-electron chi connectivity index (χ3n) is 3.41. The van der Waals surface area contributed by atoms with Crippen LogP contribution in [0.4, 0.5) is 5.69 Å². The minimum absolute atomic E-state index is 0.110. The number of anilines is 1. The summed E-state index contributed by atoms with van der Waals surface area (Å²) in [6.45, 7) is 6.35. The molecule has 1 aromatic carbocycles. The Morgan fingerprint density at radius 3 is 2.47 bits per heavy atom. The van der Waals surface area contributed by atoms with E-state index in [0.717, 1.165) is 17.0 Å². The van der Waals surface area contributed by atoms with E-state index in [1.807, 2.05) is 50.9 Å². The molecule has 0 fully saturated rings. The molecular weight excluding hydrogens is 242 g/mol. The van der Waals surface area contributed by atoms with Crippen LogP contribution in [0.15, 0.2) is 18.2 Å². The number of carboxylic acid groups (broad SMARTS) is 1. The third kappa shape index (κ3) is 3.88. The van der Waals surface area contributed by atoms with E-state index >= 15 is 0 Å². The van der Waals surface area contributed by atoms with Crippen LogP contribution in [0.3, 0.4) is 0 Å². The average molecular weight is 265 g/mol. The minimum Gasteiger partial charge on any atom is -0.496 e. The largest absolute Gasteiger partial charge is 0.496 e. The summed E-state index contributed by atoms with van der Waals surface area (Å²) in [7, 11) is 3.56. The Hall–Kier alpha value is -1.71. The lowest BCUT2D eigenvalue weighted by molar-refractivity contribution is -0.142. The van der Waals surface area contributed by atoms with Gasteiger partial charge in [0.2, 0.25) is 0 Å². The molecule has 0 aliphatic rings. The van der Waals surface area contributed by atoms with Crippen molar-refractivity contribution < 1.29 is 14.6 Å². The molecule has 1 atom stereocenters. The topological polar surface area (TPSA) is 49.8 Å². The number of aliphatic carboxylic acids is 1. The van der Waals surface area contributed by atoms with E-state index in [2.05, 4.69) is 0 Å². The number of methoxy groups -OCH3 is 1. The van der Waals surface area contributed by atoms with Gasteiger partial charge in [-0.15, -0.1) is 0 Å². The van der Waals surface area contributed by atoms with Crippen LogP contribution in [0.5, 0.6) is 5.75 Å². The Kier molecular flexibility index (Phi) is 5.21. The lowest BCUT2D eigenvalue weighted by Crippen LogP contribution is -2.33. The van der Waals surface area contributed by atoms with Crippen LogP contribution in [0.25, 0.3) is 0 Å². The molecule has 1 unspecified atom stereocenters. The van der Waals surface area contributed by atoms with Gasteiger partial charge >= 0.3 is 5.97 Å². The number of carboxylic acids is 1. The molecule has 1 rings (SSSR count). The summed E-state index contributed by atoms with van der Waals surface area (Å²) in [6, 6.07) is 5.87. The molecule has 0 heterocycles. The maximum atomic E-state index is 11.2. The van der Waals surface area contributed by atoms with Gasteiger partial charge in [-0.1, -0.05) is 13.8 Å². The molecule has 106 valence electrons. The van der Waals surface area contributed by atoms with Crippen molar-refractivity contribution in [3.63, 3.8) is 0 Å². The molecule has 1 aromatic rings. The predicted molar refractivity (Wildman–Crippen MR) is 77.0 cm³/mol. The van der Waals surface area contributed by atoms with Gasteiger partial charge < -0.3 is 14.7 Å². The molecule has 4 heteroatoms. The lowest BCUT2D eigenvalue weighted by Gasteiger charge is -2.26. The van der Waals surface area contributed by atoms with Crippen molar-refractivity contribution in [1.29, 1.82) is 0 Å². The van der Waals surface area contributed by atoms with Gasteiger partial charge in [-0.05, 0) is 36.6 Å². The number of aryl methyl sites for hydroxylation is 1. The normalized spacial score (nSPS) is 12.3. The fraction of sp³-hybridized carbons (Fsp3) is 0.533. The van der Waals surface area contributed by atoms with Crippen molar-refractivity contribution in [3.8, 4) is 5.75 Å². The van der Waals surface area contributed by atoms with Crippen molar-refractivity contribution in [2.45, 2.75) is 20.8 Å². The highest BCUT2D eigenvalue weighted by Crippen LogP contribution is 2.25. The second-order valence-corrected chi connectivity index (χ2v) is 5.22. The van der Waals surface area contributed by atoms with Gasteiger partial charge in [-0.25, -0.2) is 0 Å². The molecule has 0 aromatic heterocycles. The second-order valence-electron chi connectivity index (χ2n) is 5.22. The summed E-state index contributed by atoms with van der Waals surface area (Å²) in [5.41, 5.74) is 2.05.